The molecular weight excluding hydrogens is 262 g/mol. The molecule has 0 saturated carbocycles. The minimum absolute atomic E-state index is 0.0445. The Morgan fingerprint density at radius 2 is 2.10 bits per heavy atom. The van der Waals surface area contributed by atoms with Crippen molar-refractivity contribution in [3.8, 4) is 0 Å². The van der Waals surface area contributed by atoms with E-state index in [-0.39, 0.29) is 11.9 Å². The molecule has 1 unspecified atom stereocenters. The summed E-state index contributed by atoms with van der Waals surface area (Å²) in [5.41, 5.74) is 3.80. The molecule has 0 radical (unpaired) electrons. The van der Waals surface area contributed by atoms with Gasteiger partial charge in [-0.15, -0.1) is 0 Å². The van der Waals surface area contributed by atoms with E-state index in [2.05, 4.69) is 18.0 Å². The topological polar surface area (TPSA) is 37.6 Å². The minimum atomic E-state index is 0.0445. The van der Waals surface area contributed by atoms with Crippen LogP contribution in [0.4, 0.5) is 5.69 Å². The third-order valence-corrected chi connectivity index (χ3v) is 4.06. The van der Waals surface area contributed by atoms with E-state index < -0.39 is 0 Å². The monoisotopic (exact) mass is 277 g/mol. The first-order valence-electron chi connectivity index (χ1n) is 7.08. The number of amides is 1. The molecule has 4 heteroatoms. The van der Waals surface area contributed by atoms with Crippen molar-refractivity contribution in [1.29, 1.82) is 0 Å². The summed E-state index contributed by atoms with van der Waals surface area (Å²) >= 11 is 0. The normalized spacial score (nSPS) is 17.2. The summed E-state index contributed by atoms with van der Waals surface area (Å²) in [4.78, 5) is 19.0. The van der Waals surface area contributed by atoms with Gasteiger partial charge in [0.25, 0.3) is 5.91 Å². The molecular formula is C17H15N3O. The molecule has 0 aliphatic carbocycles. The van der Waals surface area contributed by atoms with E-state index in [0.717, 1.165) is 17.8 Å². The van der Waals surface area contributed by atoms with Gasteiger partial charge < -0.3 is 9.30 Å². The maximum atomic E-state index is 12.9. The van der Waals surface area contributed by atoms with Gasteiger partial charge in [-0.05, 0) is 37.1 Å². The largest absolute Gasteiger partial charge is 0.306 e. The fraction of sp³-hybridized carbons (Fsp3) is 0.176. The van der Waals surface area contributed by atoms with E-state index in [1.165, 1.54) is 5.56 Å². The van der Waals surface area contributed by atoms with E-state index in [1.54, 1.807) is 6.20 Å². The number of para-hydroxylation sites is 1. The van der Waals surface area contributed by atoms with Gasteiger partial charge in [0, 0.05) is 30.3 Å². The van der Waals surface area contributed by atoms with E-state index in [4.69, 9.17) is 0 Å². The smallest absolute Gasteiger partial charge is 0.260 e. The van der Waals surface area contributed by atoms with Crippen molar-refractivity contribution in [2.45, 2.75) is 19.4 Å². The number of anilines is 1. The van der Waals surface area contributed by atoms with Gasteiger partial charge in [-0.1, -0.05) is 18.2 Å². The first-order valence-corrected chi connectivity index (χ1v) is 7.08. The number of hydrogen-bond acceptors (Lipinski definition) is 2. The average Bonchev–Trinajstić information content (AvgIpc) is 3.08. The van der Waals surface area contributed by atoms with Gasteiger partial charge in [0.1, 0.15) is 5.65 Å². The van der Waals surface area contributed by atoms with Crippen molar-refractivity contribution in [2.24, 2.45) is 0 Å². The van der Waals surface area contributed by atoms with E-state index >= 15 is 0 Å². The summed E-state index contributed by atoms with van der Waals surface area (Å²) in [6.07, 6.45) is 6.35. The van der Waals surface area contributed by atoms with Crippen LogP contribution >= 0.6 is 0 Å². The molecule has 0 N–H and O–H groups in total. The molecule has 3 heterocycles. The number of aromatic nitrogens is 2. The van der Waals surface area contributed by atoms with Crippen LogP contribution in [0.1, 0.15) is 22.8 Å². The number of benzene rings is 1. The van der Waals surface area contributed by atoms with Crippen molar-refractivity contribution in [3.63, 3.8) is 0 Å². The second kappa shape index (κ2) is 4.45. The van der Waals surface area contributed by atoms with Gasteiger partial charge in [-0.25, -0.2) is 4.98 Å². The Labute approximate surface area is 122 Å². The van der Waals surface area contributed by atoms with Crippen LogP contribution in [0.5, 0.6) is 0 Å². The van der Waals surface area contributed by atoms with Crippen LogP contribution in [0.25, 0.3) is 5.65 Å². The Morgan fingerprint density at radius 3 is 3.00 bits per heavy atom. The first kappa shape index (κ1) is 12.1. The highest BCUT2D eigenvalue weighted by Crippen LogP contribution is 2.32. The Bertz CT molecular complexity index is 837. The Morgan fingerprint density at radius 1 is 1.24 bits per heavy atom. The highest BCUT2D eigenvalue weighted by molar-refractivity contribution is 6.07. The molecule has 0 spiro atoms. The predicted octanol–water partition coefficient (Wildman–Crippen LogP) is 2.93. The van der Waals surface area contributed by atoms with Crippen LogP contribution in [0.3, 0.4) is 0 Å². The highest BCUT2D eigenvalue weighted by atomic mass is 16.2. The molecule has 3 aromatic rings. The zero-order chi connectivity index (χ0) is 14.4. The number of carbonyl (C=O) groups excluding carboxylic acids is 1. The summed E-state index contributed by atoms with van der Waals surface area (Å²) in [6, 6.07) is 12.0. The molecule has 0 saturated heterocycles. The van der Waals surface area contributed by atoms with Gasteiger partial charge in [0.05, 0.1) is 5.56 Å². The van der Waals surface area contributed by atoms with Crippen molar-refractivity contribution in [2.75, 3.05) is 4.90 Å². The van der Waals surface area contributed by atoms with Crippen LogP contribution in [-0.4, -0.2) is 21.3 Å². The van der Waals surface area contributed by atoms with Crippen LogP contribution in [0.2, 0.25) is 0 Å². The number of carbonyl (C=O) groups is 1. The molecule has 1 aliphatic rings. The van der Waals surface area contributed by atoms with E-state index in [0.29, 0.717) is 5.56 Å². The average molecular weight is 277 g/mol. The predicted molar refractivity (Wildman–Crippen MR) is 81.6 cm³/mol. The van der Waals surface area contributed by atoms with Gasteiger partial charge in [-0.2, -0.15) is 0 Å². The Balaban J connectivity index is 1.77. The standard InChI is InChI=1S/C17H15N3O/c1-12-10-13-4-2-3-5-15(13)20(12)17(21)14-6-7-16-18-8-9-19(16)11-14/h2-9,11-12H,10H2,1H3. The molecule has 1 amide bonds. The fourth-order valence-electron chi connectivity index (χ4n) is 3.06. The summed E-state index contributed by atoms with van der Waals surface area (Å²) in [6.45, 7) is 2.09. The lowest BCUT2D eigenvalue weighted by Crippen LogP contribution is -2.35. The lowest BCUT2D eigenvalue weighted by Gasteiger charge is -2.22. The molecule has 1 aromatic carbocycles. The number of nitrogens with zero attached hydrogens (tertiary/aromatic N) is 3. The van der Waals surface area contributed by atoms with Crippen LogP contribution < -0.4 is 4.90 Å². The van der Waals surface area contributed by atoms with Crippen LogP contribution in [-0.2, 0) is 6.42 Å². The van der Waals surface area contributed by atoms with Crippen molar-refractivity contribution in [3.05, 3.63) is 66.1 Å². The zero-order valence-corrected chi connectivity index (χ0v) is 11.7. The first-order chi connectivity index (χ1) is 10.2. The van der Waals surface area contributed by atoms with Crippen molar-refractivity contribution in [1.82, 2.24) is 9.38 Å². The third-order valence-electron chi connectivity index (χ3n) is 4.06. The summed E-state index contributed by atoms with van der Waals surface area (Å²) in [5.74, 6) is 0.0445. The van der Waals surface area contributed by atoms with Gasteiger partial charge >= 0.3 is 0 Å². The Kier molecular flexibility index (Phi) is 2.57. The molecule has 0 fully saturated rings. The molecule has 1 atom stereocenters. The zero-order valence-electron chi connectivity index (χ0n) is 11.7. The maximum absolute atomic E-state index is 12.9. The minimum Gasteiger partial charge on any atom is -0.306 e. The highest BCUT2D eigenvalue weighted by Gasteiger charge is 2.31. The molecule has 21 heavy (non-hydrogen) atoms. The number of fused-ring (bicyclic) bond motifs is 2. The summed E-state index contributed by atoms with van der Waals surface area (Å²) < 4.78 is 1.87. The summed E-state index contributed by atoms with van der Waals surface area (Å²) in [5, 5.41) is 0. The quantitative estimate of drug-likeness (QED) is 0.686. The molecule has 1 aliphatic heterocycles. The van der Waals surface area contributed by atoms with Gasteiger partial charge in [0.15, 0.2) is 0 Å². The number of hydrogen-bond donors (Lipinski definition) is 0. The number of imidazole rings is 1. The molecule has 4 nitrogen and oxygen atoms in total. The van der Waals surface area contributed by atoms with Crippen molar-refractivity contribution >= 4 is 17.2 Å². The lowest BCUT2D eigenvalue weighted by atomic mass is 10.1. The summed E-state index contributed by atoms with van der Waals surface area (Å²) in [7, 11) is 0. The van der Waals surface area contributed by atoms with Crippen LogP contribution in [0, 0.1) is 0 Å². The molecule has 2 aromatic heterocycles. The molecule has 104 valence electrons. The van der Waals surface area contributed by atoms with Gasteiger partial charge in [-0.3, -0.25) is 4.79 Å². The van der Waals surface area contributed by atoms with Crippen LogP contribution in [0.15, 0.2) is 55.0 Å². The molecule has 4 rings (SSSR count). The third kappa shape index (κ3) is 1.83. The maximum Gasteiger partial charge on any atom is 0.260 e. The van der Waals surface area contributed by atoms with E-state index in [1.807, 2.05) is 52.0 Å². The fourth-order valence-corrected chi connectivity index (χ4v) is 3.06. The second-order valence-corrected chi connectivity index (χ2v) is 5.47. The Hall–Kier alpha value is -2.62. The number of rotatable bonds is 1. The number of pyridine rings is 1. The lowest BCUT2D eigenvalue weighted by molar-refractivity contribution is 0.0981. The van der Waals surface area contributed by atoms with Crippen molar-refractivity contribution < 1.29 is 4.79 Å². The SMILES string of the molecule is CC1Cc2ccccc2N1C(=O)c1ccc2nccn2c1. The van der Waals surface area contributed by atoms with E-state index in [9.17, 15) is 4.79 Å². The molecule has 0 bridgehead atoms. The second-order valence-electron chi connectivity index (χ2n) is 5.47. The van der Waals surface area contributed by atoms with Gasteiger partial charge in [0.2, 0.25) is 0 Å².